The Morgan fingerprint density at radius 3 is 2.55 bits per heavy atom. The van der Waals surface area contributed by atoms with Crippen molar-refractivity contribution in [3.63, 3.8) is 0 Å². The van der Waals surface area contributed by atoms with Crippen molar-refractivity contribution in [2.24, 2.45) is 4.99 Å². The van der Waals surface area contributed by atoms with Gasteiger partial charge in [0, 0.05) is 45.8 Å². The Kier molecular flexibility index (Phi) is 6.82. The first kappa shape index (κ1) is 22.1. The Hall–Kier alpha value is -2.12. The fourth-order valence-corrected chi connectivity index (χ4v) is 5.14. The van der Waals surface area contributed by atoms with E-state index in [1.165, 1.54) is 5.56 Å². The predicted molar refractivity (Wildman–Crippen MR) is 123 cm³/mol. The van der Waals surface area contributed by atoms with Crippen LogP contribution < -0.4 is 5.32 Å². The van der Waals surface area contributed by atoms with Crippen molar-refractivity contribution in [2.75, 3.05) is 52.4 Å². The Balaban J connectivity index is 1.37. The number of hydrogen-bond acceptors (Lipinski definition) is 4. The summed E-state index contributed by atoms with van der Waals surface area (Å²) in [4.78, 5) is 24.2. The van der Waals surface area contributed by atoms with Gasteiger partial charge in [-0.3, -0.25) is 9.69 Å². The fraction of sp³-hybridized carbons (Fsp3) is 0.667. The minimum Gasteiger partial charge on any atom is -0.383 e. The van der Waals surface area contributed by atoms with Gasteiger partial charge in [-0.15, -0.1) is 0 Å². The molecule has 31 heavy (non-hydrogen) atoms. The molecule has 1 aromatic rings. The number of guanidine groups is 1. The first-order valence-electron chi connectivity index (χ1n) is 11.9. The molecule has 0 spiro atoms. The number of aryl methyl sites for hydroxylation is 1. The minimum absolute atomic E-state index is 0.0597. The number of fused-ring (bicyclic) bond motifs is 1. The summed E-state index contributed by atoms with van der Waals surface area (Å²) in [7, 11) is 0. The number of rotatable bonds is 5. The largest absolute Gasteiger partial charge is 0.383 e. The van der Waals surface area contributed by atoms with Crippen molar-refractivity contribution in [2.45, 2.75) is 51.2 Å². The summed E-state index contributed by atoms with van der Waals surface area (Å²) in [6.07, 6.45) is 3.89. The molecule has 2 fully saturated rings. The Morgan fingerprint density at radius 1 is 1.13 bits per heavy atom. The molecule has 2 heterocycles. The number of nitrogens with zero attached hydrogens (tertiary/aromatic N) is 4. The molecule has 3 aliphatic rings. The molecule has 2 saturated heterocycles. The molecule has 170 valence electrons. The van der Waals surface area contributed by atoms with Crippen molar-refractivity contribution in [3.05, 3.63) is 35.4 Å². The first-order chi connectivity index (χ1) is 15.0. The molecular formula is C24H37N5O2. The second-order valence-corrected chi connectivity index (χ2v) is 9.09. The molecule has 2 unspecified atom stereocenters. The monoisotopic (exact) mass is 427 g/mol. The molecule has 2 aliphatic heterocycles. The molecule has 1 aromatic carbocycles. The van der Waals surface area contributed by atoms with E-state index in [9.17, 15) is 9.90 Å². The number of aliphatic hydroxyl groups is 1. The number of nitrogens with one attached hydrogen (secondary N) is 1. The van der Waals surface area contributed by atoms with Crippen LogP contribution in [0, 0.1) is 0 Å². The zero-order chi connectivity index (χ0) is 21.8. The number of amides is 1. The summed E-state index contributed by atoms with van der Waals surface area (Å²) in [5.41, 5.74) is 1.37. The second kappa shape index (κ2) is 9.57. The van der Waals surface area contributed by atoms with Crippen LogP contribution >= 0.6 is 0 Å². The van der Waals surface area contributed by atoms with E-state index in [4.69, 9.17) is 4.99 Å². The highest BCUT2D eigenvalue weighted by Gasteiger charge is 2.37. The van der Waals surface area contributed by atoms with Crippen LogP contribution in [0.3, 0.4) is 0 Å². The molecular weight excluding hydrogens is 390 g/mol. The van der Waals surface area contributed by atoms with E-state index in [0.717, 1.165) is 83.0 Å². The van der Waals surface area contributed by atoms with E-state index in [0.29, 0.717) is 6.54 Å². The van der Waals surface area contributed by atoms with Gasteiger partial charge < -0.3 is 20.2 Å². The van der Waals surface area contributed by atoms with Crippen molar-refractivity contribution in [1.29, 1.82) is 0 Å². The first-order valence-corrected chi connectivity index (χ1v) is 11.9. The van der Waals surface area contributed by atoms with Gasteiger partial charge in [-0.2, -0.15) is 0 Å². The van der Waals surface area contributed by atoms with Gasteiger partial charge in [0.25, 0.3) is 0 Å². The fourth-order valence-electron chi connectivity index (χ4n) is 5.14. The van der Waals surface area contributed by atoms with E-state index in [2.05, 4.69) is 28.1 Å². The second-order valence-electron chi connectivity index (χ2n) is 9.09. The predicted octanol–water partition coefficient (Wildman–Crippen LogP) is 1.41. The van der Waals surface area contributed by atoms with Gasteiger partial charge in [0.05, 0.1) is 12.6 Å². The number of likely N-dealkylation sites (tertiary alicyclic amines) is 1. The van der Waals surface area contributed by atoms with E-state index >= 15 is 0 Å². The smallest absolute Gasteiger partial charge is 0.239 e. The molecule has 1 aliphatic carbocycles. The zero-order valence-electron chi connectivity index (χ0n) is 19.0. The van der Waals surface area contributed by atoms with Crippen LogP contribution in [0.25, 0.3) is 0 Å². The summed E-state index contributed by atoms with van der Waals surface area (Å²) >= 11 is 0. The molecule has 7 heteroatoms. The average Bonchev–Trinajstić information content (AvgIpc) is 3.45. The normalized spacial score (nSPS) is 25.6. The van der Waals surface area contributed by atoms with Crippen LogP contribution in [-0.2, 0) is 16.8 Å². The third-order valence-corrected chi connectivity index (χ3v) is 7.09. The van der Waals surface area contributed by atoms with Crippen LogP contribution in [0.1, 0.15) is 44.2 Å². The van der Waals surface area contributed by atoms with Gasteiger partial charge >= 0.3 is 0 Å². The van der Waals surface area contributed by atoms with Gasteiger partial charge in [-0.1, -0.05) is 24.3 Å². The van der Waals surface area contributed by atoms with E-state index in [1.54, 1.807) is 0 Å². The highest BCUT2D eigenvalue weighted by Crippen LogP contribution is 2.36. The number of carbonyl (C=O) groups excluding carboxylic acids is 1. The van der Waals surface area contributed by atoms with Gasteiger partial charge in [-0.25, -0.2) is 4.99 Å². The van der Waals surface area contributed by atoms with Crippen LogP contribution in [0.15, 0.2) is 29.3 Å². The molecule has 0 aromatic heterocycles. The van der Waals surface area contributed by atoms with Gasteiger partial charge in [-0.05, 0) is 50.7 Å². The van der Waals surface area contributed by atoms with Crippen LogP contribution in [0.5, 0.6) is 0 Å². The van der Waals surface area contributed by atoms with Gasteiger partial charge in [0.2, 0.25) is 5.91 Å². The molecule has 0 saturated carbocycles. The Bertz CT molecular complexity index is 799. The van der Waals surface area contributed by atoms with E-state index in [-0.39, 0.29) is 11.9 Å². The lowest BCUT2D eigenvalue weighted by molar-refractivity contribution is -0.135. The lowest BCUT2D eigenvalue weighted by atomic mass is 9.96. The van der Waals surface area contributed by atoms with Crippen molar-refractivity contribution in [1.82, 2.24) is 20.0 Å². The van der Waals surface area contributed by atoms with Crippen molar-refractivity contribution >= 4 is 11.9 Å². The number of piperazine rings is 1. The summed E-state index contributed by atoms with van der Waals surface area (Å²) in [5.74, 6) is 1.13. The maximum atomic E-state index is 12.8. The molecule has 1 amide bonds. The van der Waals surface area contributed by atoms with E-state index < -0.39 is 5.60 Å². The topological polar surface area (TPSA) is 71.4 Å². The van der Waals surface area contributed by atoms with Crippen LogP contribution in [-0.4, -0.2) is 90.1 Å². The quantitative estimate of drug-likeness (QED) is 0.549. The molecule has 7 nitrogen and oxygen atoms in total. The van der Waals surface area contributed by atoms with Gasteiger partial charge in [0.15, 0.2) is 5.96 Å². The maximum absolute atomic E-state index is 12.8. The molecule has 0 bridgehead atoms. The SMILES string of the molecule is CCNC(=NCC1(O)CCc2ccccc21)N1CCN(C(C)C(=O)N2CCCC2)CC1. The third kappa shape index (κ3) is 4.72. The summed E-state index contributed by atoms with van der Waals surface area (Å²) < 4.78 is 0. The number of carbonyl (C=O) groups is 1. The number of aliphatic imine (C=N–C) groups is 1. The highest BCUT2D eigenvalue weighted by atomic mass is 16.3. The minimum atomic E-state index is -0.879. The number of hydrogen-bond donors (Lipinski definition) is 2. The molecule has 2 N–H and O–H groups in total. The summed E-state index contributed by atoms with van der Waals surface area (Å²) in [5, 5.41) is 14.6. The molecule has 2 atom stereocenters. The molecule has 4 rings (SSSR count). The Morgan fingerprint density at radius 2 is 1.84 bits per heavy atom. The average molecular weight is 428 g/mol. The van der Waals surface area contributed by atoms with Crippen molar-refractivity contribution < 1.29 is 9.90 Å². The highest BCUT2D eigenvalue weighted by molar-refractivity contribution is 5.82. The maximum Gasteiger partial charge on any atom is 0.239 e. The van der Waals surface area contributed by atoms with Gasteiger partial charge in [0.1, 0.15) is 5.60 Å². The molecule has 0 radical (unpaired) electrons. The lowest BCUT2D eigenvalue weighted by Crippen LogP contribution is -2.57. The third-order valence-electron chi connectivity index (χ3n) is 7.09. The summed E-state index contributed by atoms with van der Waals surface area (Å²) in [6, 6.07) is 8.10. The standard InChI is InChI=1S/C24H37N5O2/c1-3-25-23(26-18-24(31)11-10-20-8-4-5-9-21(20)24)29-16-14-27(15-17-29)19(2)22(30)28-12-6-7-13-28/h4-5,8-9,19,31H,3,6-7,10-18H2,1-2H3,(H,25,26). The zero-order valence-corrected chi connectivity index (χ0v) is 19.0. The van der Waals surface area contributed by atoms with Crippen LogP contribution in [0.2, 0.25) is 0 Å². The van der Waals surface area contributed by atoms with Crippen LogP contribution in [0.4, 0.5) is 0 Å². The lowest BCUT2D eigenvalue weighted by Gasteiger charge is -2.39. The Labute approximate surface area is 186 Å². The van der Waals surface area contributed by atoms with E-state index in [1.807, 2.05) is 30.0 Å². The van der Waals surface area contributed by atoms with Crippen molar-refractivity contribution in [3.8, 4) is 0 Å². The summed E-state index contributed by atoms with van der Waals surface area (Å²) in [6.45, 7) is 10.4. The number of benzene rings is 1.